The third kappa shape index (κ3) is 6.03. The van der Waals surface area contributed by atoms with E-state index in [0.717, 1.165) is 31.4 Å². The highest BCUT2D eigenvalue weighted by atomic mass is 32.2. The topological polar surface area (TPSA) is 78.4 Å². The van der Waals surface area contributed by atoms with Gasteiger partial charge >= 0.3 is 12.0 Å². The predicted molar refractivity (Wildman–Crippen MR) is 82.1 cm³/mol. The lowest BCUT2D eigenvalue weighted by atomic mass is 9.84. The molecule has 0 aromatic carbocycles. The highest BCUT2D eigenvalue weighted by molar-refractivity contribution is 7.98. The SMILES string of the molecule is CCC1CCCC(NC(=O)N[C@@H](CCSC)C(=O)O)C1. The zero-order valence-corrected chi connectivity index (χ0v) is 13.2. The summed E-state index contributed by atoms with van der Waals surface area (Å²) in [6.45, 7) is 2.18. The summed E-state index contributed by atoms with van der Waals surface area (Å²) in [5, 5.41) is 14.6. The molecule has 0 aromatic rings. The van der Waals surface area contributed by atoms with Gasteiger partial charge in [-0.3, -0.25) is 0 Å². The van der Waals surface area contributed by atoms with Gasteiger partial charge in [0.25, 0.3) is 0 Å². The Balaban J connectivity index is 2.38. The van der Waals surface area contributed by atoms with E-state index in [1.54, 1.807) is 11.8 Å². The largest absolute Gasteiger partial charge is 0.480 e. The van der Waals surface area contributed by atoms with Crippen LogP contribution in [-0.2, 0) is 4.79 Å². The zero-order chi connectivity index (χ0) is 15.0. The number of carbonyl (C=O) groups excluding carboxylic acids is 1. The van der Waals surface area contributed by atoms with Crippen molar-refractivity contribution < 1.29 is 14.7 Å². The van der Waals surface area contributed by atoms with Gasteiger partial charge in [-0.1, -0.05) is 26.2 Å². The minimum Gasteiger partial charge on any atom is -0.480 e. The fourth-order valence-corrected chi connectivity index (χ4v) is 3.14. The Morgan fingerprint density at radius 3 is 2.75 bits per heavy atom. The Kier molecular flexibility index (Phi) is 7.80. The number of urea groups is 1. The van der Waals surface area contributed by atoms with Gasteiger partial charge < -0.3 is 15.7 Å². The molecule has 3 atom stereocenters. The van der Waals surface area contributed by atoms with Gasteiger partial charge in [-0.05, 0) is 37.2 Å². The first-order chi connectivity index (χ1) is 9.56. The minimum atomic E-state index is -0.968. The van der Waals surface area contributed by atoms with Crippen LogP contribution in [-0.4, -0.2) is 41.2 Å². The summed E-state index contributed by atoms with van der Waals surface area (Å²) in [5.74, 6) is 0.434. The first kappa shape index (κ1) is 17.1. The van der Waals surface area contributed by atoms with Gasteiger partial charge in [-0.15, -0.1) is 0 Å². The van der Waals surface area contributed by atoms with Crippen LogP contribution in [0.4, 0.5) is 4.79 Å². The second-order valence-electron chi connectivity index (χ2n) is 5.43. The van der Waals surface area contributed by atoms with Gasteiger partial charge in [0.2, 0.25) is 0 Å². The monoisotopic (exact) mass is 302 g/mol. The number of carboxylic acids is 1. The Labute approximate surface area is 125 Å². The molecule has 20 heavy (non-hydrogen) atoms. The van der Waals surface area contributed by atoms with Crippen LogP contribution >= 0.6 is 11.8 Å². The van der Waals surface area contributed by atoms with Crippen LogP contribution in [0.3, 0.4) is 0 Å². The normalized spacial score (nSPS) is 23.9. The molecule has 6 heteroatoms. The fraction of sp³-hybridized carbons (Fsp3) is 0.857. The molecule has 0 spiro atoms. The van der Waals surface area contributed by atoms with E-state index in [9.17, 15) is 9.59 Å². The summed E-state index contributed by atoms with van der Waals surface area (Å²) < 4.78 is 0. The number of amides is 2. The summed E-state index contributed by atoms with van der Waals surface area (Å²) in [7, 11) is 0. The number of hydrogen-bond acceptors (Lipinski definition) is 3. The Morgan fingerprint density at radius 2 is 2.15 bits per heavy atom. The van der Waals surface area contributed by atoms with Gasteiger partial charge in [0.1, 0.15) is 6.04 Å². The summed E-state index contributed by atoms with van der Waals surface area (Å²) >= 11 is 1.58. The van der Waals surface area contributed by atoms with Crippen molar-refractivity contribution in [3.63, 3.8) is 0 Å². The molecule has 1 aliphatic rings. The van der Waals surface area contributed by atoms with E-state index in [0.29, 0.717) is 12.3 Å². The van der Waals surface area contributed by atoms with E-state index in [-0.39, 0.29) is 12.1 Å². The van der Waals surface area contributed by atoms with Crippen LogP contribution in [0.1, 0.15) is 45.4 Å². The third-order valence-electron chi connectivity index (χ3n) is 3.91. The fourth-order valence-electron chi connectivity index (χ4n) is 2.67. The Hall–Kier alpha value is -0.910. The van der Waals surface area contributed by atoms with Crippen molar-refractivity contribution in [2.45, 2.75) is 57.5 Å². The molecule has 5 nitrogen and oxygen atoms in total. The second-order valence-corrected chi connectivity index (χ2v) is 6.41. The molecule has 3 N–H and O–H groups in total. The molecule has 2 amide bonds. The van der Waals surface area contributed by atoms with Crippen molar-refractivity contribution in [1.29, 1.82) is 0 Å². The van der Waals surface area contributed by atoms with Crippen molar-refractivity contribution in [2.75, 3.05) is 12.0 Å². The highest BCUT2D eigenvalue weighted by Gasteiger charge is 2.24. The molecule has 1 aliphatic carbocycles. The van der Waals surface area contributed by atoms with Crippen molar-refractivity contribution in [3.8, 4) is 0 Å². The number of nitrogens with one attached hydrogen (secondary N) is 2. The molecule has 0 heterocycles. The Morgan fingerprint density at radius 1 is 1.40 bits per heavy atom. The summed E-state index contributed by atoms with van der Waals surface area (Å²) in [6.07, 6.45) is 7.89. The van der Waals surface area contributed by atoms with Crippen LogP contribution in [0.15, 0.2) is 0 Å². The predicted octanol–water partition coefficient (Wildman–Crippen LogP) is 2.46. The third-order valence-corrected chi connectivity index (χ3v) is 4.55. The number of rotatable bonds is 7. The Bertz CT molecular complexity index is 326. The van der Waals surface area contributed by atoms with E-state index < -0.39 is 12.0 Å². The maximum Gasteiger partial charge on any atom is 0.326 e. The molecule has 0 radical (unpaired) electrons. The molecule has 0 saturated heterocycles. The highest BCUT2D eigenvalue weighted by Crippen LogP contribution is 2.26. The lowest BCUT2D eigenvalue weighted by molar-refractivity contribution is -0.139. The smallest absolute Gasteiger partial charge is 0.326 e. The quantitative estimate of drug-likeness (QED) is 0.675. The van der Waals surface area contributed by atoms with Crippen molar-refractivity contribution in [2.24, 2.45) is 5.92 Å². The standard InChI is InChI=1S/C14H26N2O3S/c1-3-10-5-4-6-11(9-10)15-14(19)16-12(13(17)18)7-8-20-2/h10-12H,3-9H2,1-2H3,(H,17,18)(H2,15,16,19)/t10?,11?,12-/m0/s1. The van der Waals surface area contributed by atoms with Crippen molar-refractivity contribution in [1.82, 2.24) is 10.6 Å². The second kappa shape index (κ2) is 9.10. The van der Waals surface area contributed by atoms with E-state index in [1.807, 2.05) is 6.26 Å². The van der Waals surface area contributed by atoms with E-state index >= 15 is 0 Å². The molecule has 2 unspecified atom stereocenters. The number of carboxylic acid groups (broad SMARTS) is 1. The zero-order valence-electron chi connectivity index (χ0n) is 12.4. The number of aliphatic carboxylic acids is 1. The van der Waals surface area contributed by atoms with Crippen LogP contribution in [0, 0.1) is 5.92 Å². The van der Waals surface area contributed by atoms with E-state index in [2.05, 4.69) is 17.6 Å². The first-order valence-electron chi connectivity index (χ1n) is 7.35. The molecular formula is C14H26N2O3S. The van der Waals surface area contributed by atoms with E-state index in [1.165, 1.54) is 6.42 Å². The molecular weight excluding hydrogens is 276 g/mol. The molecule has 1 rings (SSSR count). The molecule has 1 fully saturated rings. The summed E-state index contributed by atoms with van der Waals surface area (Å²) in [5.41, 5.74) is 0. The van der Waals surface area contributed by atoms with Gasteiger partial charge in [-0.2, -0.15) is 11.8 Å². The van der Waals surface area contributed by atoms with Gasteiger partial charge in [0.15, 0.2) is 0 Å². The van der Waals surface area contributed by atoms with Crippen LogP contribution < -0.4 is 10.6 Å². The van der Waals surface area contributed by atoms with Crippen molar-refractivity contribution >= 4 is 23.8 Å². The lowest BCUT2D eigenvalue weighted by Crippen LogP contribution is -2.50. The number of thioether (sulfide) groups is 1. The number of hydrogen-bond donors (Lipinski definition) is 3. The molecule has 1 saturated carbocycles. The molecule has 116 valence electrons. The van der Waals surface area contributed by atoms with Crippen LogP contribution in [0.2, 0.25) is 0 Å². The maximum absolute atomic E-state index is 11.9. The van der Waals surface area contributed by atoms with Gasteiger partial charge in [0.05, 0.1) is 0 Å². The minimum absolute atomic E-state index is 0.184. The molecule has 0 aromatic heterocycles. The van der Waals surface area contributed by atoms with Gasteiger partial charge in [-0.25, -0.2) is 9.59 Å². The summed E-state index contributed by atoms with van der Waals surface area (Å²) in [6, 6.07) is -0.961. The number of carbonyl (C=O) groups is 2. The summed E-state index contributed by atoms with van der Waals surface area (Å²) in [4.78, 5) is 23.0. The first-order valence-corrected chi connectivity index (χ1v) is 8.75. The van der Waals surface area contributed by atoms with Crippen molar-refractivity contribution in [3.05, 3.63) is 0 Å². The van der Waals surface area contributed by atoms with Gasteiger partial charge in [0, 0.05) is 6.04 Å². The molecule has 0 aliphatic heterocycles. The molecule has 0 bridgehead atoms. The van der Waals surface area contributed by atoms with Crippen LogP contribution in [0.5, 0.6) is 0 Å². The lowest BCUT2D eigenvalue weighted by Gasteiger charge is -2.29. The maximum atomic E-state index is 11.9. The van der Waals surface area contributed by atoms with Crippen LogP contribution in [0.25, 0.3) is 0 Å². The average molecular weight is 302 g/mol. The van der Waals surface area contributed by atoms with E-state index in [4.69, 9.17) is 5.11 Å². The average Bonchev–Trinajstić information content (AvgIpc) is 2.43.